The number of aromatic nitrogens is 1. The molecule has 98 heavy (non-hydrogen) atoms. The summed E-state index contributed by atoms with van der Waals surface area (Å²) < 4.78 is 77.2. The molecular weight excluding hydrogens is 1190 g/mol. The predicted octanol–water partition coefficient (Wildman–Crippen LogP) is 19.8. The zero-order valence-corrected chi connectivity index (χ0v) is 52.9. The van der Waals surface area contributed by atoms with Crippen molar-refractivity contribution >= 4 is 153 Å². The van der Waals surface area contributed by atoms with E-state index in [-0.39, 0.29) is 40.6 Å². The fourth-order valence-corrected chi connectivity index (χ4v) is 16.2. The highest BCUT2D eigenvalue weighted by Crippen LogP contribution is 2.54. The summed E-state index contributed by atoms with van der Waals surface area (Å²) in [7, 11) is 0. The Morgan fingerprint density at radius 2 is 0.633 bits per heavy atom. The maximum Gasteiger partial charge on any atom is 0.252 e. The van der Waals surface area contributed by atoms with Gasteiger partial charge in [-0.15, -0.1) is 0 Å². The summed E-state index contributed by atoms with van der Waals surface area (Å²) in [5.74, 6) is 0. The van der Waals surface area contributed by atoms with E-state index in [1.165, 1.54) is 0 Å². The first-order valence-electron chi connectivity index (χ1n) is 37.2. The average Bonchev–Trinajstić information content (AvgIpc) is 0.827. The second kappa shape index (κ2) is 22.4. The van der Waals surface area contributed by atoms with E-state index in [2.05, 4.69) is 316 Å². The summed E-state index contributed by atoms with van der Waals surface area (Å²) in [6.07, 6.45) is 0. The van der Waals surface area contributed by atoms with E-state index in [4.69, 9.17) is 2.74 Å². The molecule has 0 N–H and O–H groups in total. The molecule has 0 amide bonds. The quantitative estimate of drug-likeness (QED) is 0.127. The second-order valence-electron chi connectivity index (χ2n) is 25.3. The Hall–Kier alpha value is -12.8. The fraction of sp³-hybridized carbons (Fsp3) is 0. The lowest BCUT2D eigenvalue weighted by Gasteiger charge is -2.48. The summed E-state index contributed by atoms with van der Waals surface area (Å²) in [5.41, 5.74) is 25.0. The molecule has 0 aliphatic carbocycles. The zero-order chi connectivity index (χ0) is 71.3. The minimum atomic E-state index is -0.504. The predicted molar refractivity (Wildman–Crippen MR) is 414 cm³/mol. The Bertz CT molecular complexity index is 6130. The molecule has 16 aromatic rings. The summed E-state index contributed by atoms with van der Waals surface area (Å²) >= 11 is 0. The summed E-state index contributed by atoms with van der Waals surface area (Å²) in [6, 6.07) is 109. The Labute approximate surface area is 582 Å². The van der Waals surface area contributed by atoms with E-state index < -0.39 is 43.0 Å². The van der Waals surface area contributed by atoms with E-state index in [0.29, 0.717) is 5.69 Å². The van der Waals surface area contributed by atoms with E-state index >= 15 is 0 Å². The minimum absolute atomic E-state index is 0.00330. The van der Waals surface area contributed by atoms with Crippen LogP contribution in [0.1, 0.15) is 11.0 Å². The Morgan fingerprint density at radius 1 is 0.265 bits per heavy atom. The smallest absolute Gasteiger partial charge is 0.252 e. The third-order valence-corrected chi connectivity index (χ3v) is 20.1. The minimum Gasteiger partial charge on any atom is -0.311 e. The van der Waals surface area contributed by atoms with Crippen molar-refractivity contribution in [3.05, 3.63) is 364 Å². The molecule has 0 radical (unpaired) electrons. The molecule has 4 aliphatic rings. The first-order valence-corrected chi connectivity index (χ1v) is 33.2. The highest BCUT2D eigenvalue weighted by atomic mass is 15.2. The first kappa shape index (κ1) is 48.0. The standard InChI is InChI=1S/C90H60B2N6/c1-8-31-61(32-9-1)70-47-30-48-71(62-33-10-2-11-34-62)90(70)98-83-60-82-76(59-77(83)92-75-50-25-29-54-81(75)94(65-39-16-5-17-40-65)84-55-68(56-87(98)89(84)92)93(63-35-12-3-13-36-63)64-37-14-4-15-38-64)91-74-49-24-28-53-80(74)95(66-41-18-6-19-42-66)85-57-69(58-86(88(85)91)96(82)67-43-20-7-21-44-67)97-78-51-26-22-45-72(78)73-46-23-27-52-79(73)97/h1-60H/i22D,23D,26D,27D,45D,46D,51D,52D. The van der Waals surface area contributed by atoms with Gasteiger partial charge in [0.1, 0.15) is 0 Å². The van der Waals surface area contributed by atoms with Crippen molar-refractivity contribution in [2.45, 2.75) is 0 Å². The van der Waals surface area contributed by atoms with Gasteiger partial charge in [0.15, 0.2) is 0 Å². The van der Waals surface area contributed by atoms with E-state index in [0.717, 1.165) is 140 Å². The van der Waals surface area contributed by atoms with Crippen LogP contribution in [0.25, 0.3) is 49.7 Å². The first-order chi connectivity index (χ1) is 52.0. The van der Waals surface area contributed by atoms with Crippen LogP contribution in [-0.2, 0) is 0 Å². The van der Waals surface area contributed by atoms with Crippen LogP contribution in [0.15, 0.2) is 364 Å². The number of fused-ring (bicyclic) bond motifs is 11. The lowest BCUT2D eigenvalue weighted by atomic mass is 9.30. The molecule has 0 spiro atoms. The van der Waals surface area contributed by atoms with Crippen LogP contribution in [0.2, 0.25) is 0 Å². The van der Waals surface area contributed by atoms with Gasteiger partial charge in [0.25, 0.3) is 13.4 Å². The number of hydrogen-bond donors (Lipinski definition) is 0. The Kier molecular flexibility index (Phi) is 11.0. The van der Waals surface area contributed by atoms with E-state index in [1.54, 1.807) is 4.57 Å². The molecule has 4 aliphatic heterocycles. The largest absolute Gasteiger partial charge is 0.311 e. The maximum atomic E-state index is 9.85. The van der Waals surface area contributed by atoms with Crippen LogP contribution >= 0.6 is 0 Å². The van der Waals surface area contributed by atoms with Gasteiger partial charge in [-0.2, -0.15) is 0 Å². The maximum absolute atomic E-state index is 9.85. The van der Waals surface area contributed by atoms with Gasteiger partial charge in [0.05, 0.1) is 39.1 Å². The number of nitrogens with zero attached hydrogens (tertiary/aromatic N) is 6. The lowest BCUT2D eigenvalue weighted by molar-refractivity contribution is 1.16. The van der Waals surface area contributed by atoms with Crippen LogP contribution in [0, 0.1) is 0 Å². The van der Waals surface area contributed by atoms with Crippen LogP contribution in [0.4, 0.5) is 85.3 Å². The Balaban J connectivity index is 0.967. The van der Waals surface area contributed by atoms with Crippen molar-refractivity contribution in [2.24, 2.45) is 0 Å². The van der Waals surface area contributed by atoms with Gasteiger partial charge in [-0.1, -0.05) is 249 Å². The summed E-state index contributed by atoms with van der Waals surface area (Å²) in [6.45, 7) is -0.818. The SMILES string of the molecule is [2H]c1c([2H])c([2H])c2c(c1[2H])c1c([2H])c([2H])c([2H])c([2H])c1n2-c1cc2c3c(c1)N(c1ccccc1)c1cc4c(cc1B3c1ccccc1N2c1ccccc1)B1c2ccccc2N(c2ccccc2)c2cc(N(c3ccccc3)c3ccccc3)cc(c21)N4c1c(-c2ccccc2)cccc1-c1ccccc1. The molecule has 1 aromatic heterocycles. The highest BCUT2D eigenvalue weighted by Gasteiger charge is 2.49. The second-order valence-corrected chi connectivity index (χ2v) is 25.3. The summed E-state index contributed by atoms with van der Waals surface area (Å²) in [5, 5.41) is 0.00661. The topological polar surface area (TPSA) is 21.1 Å². The monoisotopic (exact) mass is 1250 g/mol. The molecule has 0 unspecified atom stereocenters. The Morgan fingerprint density at radius 3 is 1.09 bits per heavy atom. The van der Waals surface area contributed by atoms with E-state index in [9.17, 15) is 8.22 Å². The lowest BCUT2D eigenvalue weighted by Crippen LogP contribution is -2.65. The number of para-hydroxylation sites is 10. The van der Waals surface area contributed by atoms with Gasteiger partial charge in [0.2, 0.25) is 0 Å². The molecular formula is C90H60B2N6. The van der Waals surface area contributed by atoms with Gasteiger partial charge < -0.3 is 29.1 Å². The van der Waals surface area contributed by atoms with Crippen molar-refractivity contribution < 1.29 is 11.0 Å². The molecule has 456 valence electrons. The average molecular weight is 1260 g/mol. The molecule has 6 nitrogen and oxygen atoms in total. The van der Waals surface area contributed by atoms with Gasteiger partial charge >= 0.3 is 0 Å². The van der Waals surface area contributed by atoms with Crippen molar-refractivity contribution in [1.82, 2.24) is 4.57 Å². The van der Waals surface area contributed by atoms with Gasteiger partial charge in [-0.05, 0) is 159 Å². The van der Waals surface area contributed by atoms with Gasteiger partial charge in [-0.3, -0.25) is 0 Å². The molecule has 0 bridgehead atoms. The molecule has 0 saturated heterocycles. The highest BCUT2D eigenvalue weighted by molar-refractivity contribution is 7.03. The molecule has 0 saturated carbocycles. The molecule has 20 rings (SSSR count). The molecule has 15 aromatic carbocycles. The molecule has 8 heteroatoms. The van der Waals surface area contributed by atoms with Crippen molar-refractivity contribution in [2.75, 3.05) is 24.5 Å². The van der Waals surface area contributed by atoms with Crippen molar-refractivity contribution in [1.29, 1.82) is 0 Å². The fourth-order valence-electron chi connectivity index (χ4n) is 16.2. The molecule has 0 atom stereocenters. The van der Waals surface area contributed by atoms with Gasteiger partial charge in [-0.25, -0.2) is 0 Å². The van der Waals surface area contributed by atoms with Crippen LogP contribution in [-0.4, -0.2) is 18.0 Å². The van der Waals surface area contributed by atoms with Crippen molar-refractivity contribution in [3.63, 3.8) is 0 Å². The normalized spacial score (nSPS) is 14.1. The number of anilines is 15. The number of benzene rings is 15. The third kappa shape index (κ3) is 8.51. The van der Waals surface area contributed by atoms with Gasteiger partial charge in [0, 0.05) is 95.8 Å². The zero-order valence-electron chi connectivity index (χ0n) is 60.9. The summed E-state index contributed by atoms with van der Waals surface area (Å²) in [4.78, 5) is 12.0. The molecule has 0 fully saturated rings. The number of hydrogen-bond acceptors (Lipinski definition) is 5. The van der Waals surface area contributed by atoms with Crippen LogP contribution in [0.5, 0.6) is 0 Å². The molecule has 5 heterocycles. The van der Waals surface area contributed by atoms with E-state index in [1.807, 2.05) is 24.3 Å². The third-order valence-electron chi connectivity index (χ3n) is 20.1. The number of rotatable bonds is 10. The van der Waals surface area contributed by atoms with Crippen molar-refractivity contribution in [3.8, 4) is 27.9 Å². The van der Waals surface area contributed by atoms with Crippen LogP contribution < -0.4 is 57.3 Å². The van der Waals surface area contributed by atoms with Crippen LogP contribution in [0.3, 0.4) is 0 Å².